The lowest BCUT2D eigenvalue weighted by molar-refractivity contribution is -0.143. The highest BCUT2D eigenvalue weighted by Crippen LogP contribution is 2.35. The Labute approximate surface area is 215 Å². The Morgan fingerprint density at radius 1 is 1.03 bits per heavy atom. The largest absolute Gasteiger partial charge is 0.507 e. The Balaban J connectivity index is 1.31. The smallest absolute Gasteiger partial charge is 0.336 e. The second-order valence-corrected chi connectivity index (χ2v) is 9.53. The van der Waals surface area contributed by atoms with Crippen LogP contribution in [0.2, 0.25) is 0 Å². The Bertz CT molecular complexity index is 1360. The van der Waals surface area contributed by atoms with Crippen molar-refractivity contribution >= 4 is 16.9 Å². The second-order valence-electron chi connectivity index (χ2n) is 9.53. The van der Waals surface area contributed by atoms with E-state index in [9.17, 15) is 14.7 Å². The molecule has 5 rings (SSSR count). The summed E-state index contributed by atoms with van der Waals surface area (Å²) in [4.78, 5) is 28.7. The number of phenols is 1. The number of hydrogen-bond acceptors (Lipinski definition) is 9. The third kappa shape index (κ3) is 5.57. The quantitative estimate of drug-likeness (QED) is 0.363. The van der Waals surface area contributed by atoms with E-state index in [-0.39, 0.29) is 24.9 Å². The van der Waals surface area contributed by atoms with Gasteiger partial charge in [-0.1, -0.05) is 6.07 Å². The molecule has 0 aliphatic carbocycles. The van der Waals surface area contributed by atoms with Crippen LogP contribution in [0, 0.1) is 6.92 Å². The summed E-state index contributed by atoms with van der Waals surface area (Å²) in [6, 6.07) is 9.32. The van der Waals surface area contributed by atoms with Crippen LogP contribution in [-0.2, 0) is 29.0 Å². The molecule has 2 aromatic carbocycles. The summed E-state index contributed by atoms with van der Waals surface area (Å²) < 4.78 is 21.5. The first-order chi connectivity index (χ1) is 17.9. The summed E-state index contributed by atoms with van der Waals surface area (Å²) in [5, 5.41) is 12.0. The number of carbonyl (C=O) groups excluding carboxylic acids is 1. The van der Waals surface area contributed by atoms with Crippen LogP contribution >= 0.6 is 0 Å². The maximum Gasteiger partial charge on any atom is 0.336 e. The van der Waals surface area contributed by atoms with Gasteiger partial charge >= 0.3 is 11.6 Å². The summed E-state index contributed by atoms with van der Waals surface area (Å²) in [5.74, 6) is 1.34. The highest BCUT2D eigenvalue weighted by atomic mass is 16.7. The Morgan fingerprint density at radius 3 is 2.51 bits per heavy atom. The summed E-state index contributed by atoms with van der Waals surface area (Å²) in [6.45, 7) is 8.78. The number of esters is 1. The van der Waals surface area contributed by atoms with Crippen LogP contribution in [0.4, 0.5) is 0 Å². The molecule has 196 valence electrons. The van der Waals surface area contributed by atoms with E-state index in [1.807, 2.05) is 25.1 Å². The minimum absolute atomic E-state index is 0.0772. The molecule has 0 bridgehead atoms. The molecule has 3 heterocycles. The average molecular weight is 509 g/mol. The number of aryl methyl sites for hydroxylation is 2. The lowest BCUT2D eigenvalue weighted by Gasteiger charge is -2.35. The number of carbonyl (C=O) groups is 1. The second kappa shape index (κ2) is 10.8. The van der Waals surface area contributed by atoms with E-state index >= 15 is 0 Å². The fraction of sp³-hybridized carbons (Fsp3) is 0.429. The molecule has 2 aliphatic heterocycles. The molecule has 1 N–H and O–H groups in total. The van der Waals surface area contributed by atoms with Gasteiger partial charge in [0.25, 0.3) is 0 Å². The van der Waals surface area contributed by atoms with Crippen LogP contribution < -0.4 is 15.1 Å². The Hall–Kier alpha value is -3.56. The average Bonchev–Trinajstić information content (AvgIpc) is 3.34. The zero-order chi connectivity index (χ0) is 25.9. The van der Waals surface area contributed by atoms with Crippen LogP contribution in [0.3, 0.4) is 0 Å². The van der Waals surface area contributed by atoms with E-state index < -0.39 is 5.63 Å². The molecule has 1 aromatic heterocycles. The van der Waals surface area contributed by atoms with Gasteiger partial charge in [-0.15, -0.1) is 0 Å². The molecule has 0 radical (unpaired) electrons. The first kappa shape index (κ1) is 25.1. The Kier molecular flexibility index (Phi) is 7.34. The fourth-order valence-electron chi connectivity index (χ4n) is 5.00. The maximum absolute atomic E-state index is 12.2. The van der Waals surface area contributed by atoms with E-state index in [0.717, 1.165) is 55.2 Å². The van der Waals surface area contributed by atoms with E-state index in [1.54, 1.807) is 6.92 Å². The van der Waals surface area contributed by atoms with Crippen molar-refractivity contribution in [3.8, 4) is 17.2 Å². The monoisotopic (exact) mass is 508 g/mol. The van der Waals surface area contributed by atoms with Crippen molar-refractivity contribution in [3.05, 3.63) is 63.0 Å². The molecule has 0 unspecified atom stereocenters. The van der Waals surface area contributed by atoms with Gasteiger partial charge < -0.3 is 23.7 Å². The van der Waals surface area contributed by atoms with Gasteiger partial charge in [-0.05, 0) is 55.2 Å². The molecule has 1 saturated heterocycles. The number of aromatic hydroxyl groups is 1. The molecule has 0 saturated carbocycles. The molecular formula is C28H32N2O7. The van der Waals surface area contributed by atoms with Crippen LogP contribution in [-0.4, -0.2) is 60.5 Å². The highest BCUT2D eigenvalue weighted by molar-refractivity contribution is 5.86. The number of piperazine rings is 1. The van der Waals surface area contributed by atoms with Gasteiger partial charge in [0.15, 0.2) is 11.5 Å². The first-order valence-corrected chi connectivity index (χ1v) is 12.7. The third-order valence-corrected chi connectivity index (χ3v) is 6.98. The maximum atomic E-state index is 12.2. The summed E-state index contributed by atoms with van der Waals surface area (Å²) in [7, 11) is 0. The predicted molar refractivity (Wildman–Crippen MR) is 137 cm³/mol. The third-order valence-electron chi connectivity index (χ3n) is 6.98. The zero-order valence-electron chi connectivity index (χ0n) is 21.2. The molecule has 3 aromatic rings. The molecule has 9 nitrogen and oxygen atoms in total. The number of ether oxygens (including phenoxy) is 3. The van der Waals surface area contributed by atoms with Gasteiger partial charge in [0.05, 0.1) is 12.2 Å². The van der Waals surface area contributed by atoms with E-state index in [4.69, 9.17) is 18.6 Å². The van der Waals surface area contributed by atoms with Crippen molar-refractivity contribution in [2.24, 2.45) is 0 Å². The Morgan fingerprint density at radius 2 is 1.76 bits per heavy atom. The van der Waals surface area contributed by atoms with Gasteiger partial charge in [-0.2, -0.15) is 0 Å². The zero-order valence-corrected chi connectivity index (χ0v) is 21.2. The van der Waals surface area contributed by atoms with Crippen molar-refractivity contribution in [1.82, 2.24) is 9.80 Å². The van der Waals surface area contributed by atoms with E-state index in [1.165, 1.54) is 11.6 Å². The first-order valence-electron chi connectivity index (χ1n) is 12.7. The van der Waals surface area contributed by atoms with Crippen molar-refractivity contribution in [1.29, 1.82) is 0 Å². The van der Waals surface area contributed by atoms with Crippen LogP contribution in [0.5, 0.6) is 17.2 Å². The summed E-state index contributed by atoms with van der Waals surface area (Å²) in [6.07, 6.45) is 0.510. The van der Waals surface area contributed by atoms with Crippen LogP contribution in [0.1, 0.15) is 35.6 Å². The van der Waals surface area contributed by atoms with Crippen molar-refractivity contribution in [2.75, 3.05) is 39.6 Å². The molecule has 0 spiro atoms. The van der Waals surface area contributed by atoms with Gasteiger partial charge in [0, 0.05) is 57.1 Å². The van der Waals surface area contributed by atoms with E-state index in [2.05, 4.69) is 15.9 Å². The predicted octanol–water partition coefficient (Wildman–Crippen LogP) is 3.35. The SMILES string of the molecule is CCOC(=O)CCc1cc2c(C)cc(=O)oc2c(CN2CCN(Cc3ccc4c(c3)OCO4)CC2)c1O. The van der Waals surface area contributed by atoms with Crippen LogP contribution in [0.15, 0.2) is 39.5 Å². The molecule has 1 fully saturated rings. The number of rotatable bonds is 8. The minimum atomic E-state index is -0.446. The molecule has 9 heteroatoms. The van der Waals surface area contributed by atoms with Crippen molar-refractivity contribution < 1.29 is 28.5 Å². The topological polar surface area (TPSA) is 102 Å². The minimum Gasteiger partial charge on any atom is -0.507 e. The number of phenolic OH excluding ortho intramolecular Hbond substituents is 1. The van der Waals surface area contributed by atoms with Crippen LogP contribution in [0.25, 0.3) is 11.0 Å². The summed E-state index contributed by atoms with van der Waals surface area (Å²) in [5.41, 5.74) is 3.14. The van der Waals surface area contributed by atoms with Gasteiger partial charge in [0.1, 0.15) is 11.3 Å². The molecular weight excluding hydrogens is 476 g/mol. The number of hydrogen-bond donors (Lipinski definition) is 1. The van der Waals surface area contributed by atoms with Crippen molar-refractivity contribution in [2.45, 2.75) is 39.8 Å². The van der Waals surface area contributed by atoms with Gasteiger partial charge in [0.2, 0.25) is 6.79 Å². The van der Waals surface area contributed by atoms with Gasteiger partial charge in [-0.25, -0.2) is 4.79 Å². The van der Waals surface area contributed by atoms with Crippen molar-refractivity contribution in [3.63, 3.8) is 0 Å². The summed E-state index contributed by atoms with van der Waals surface area (Å²) >= 11 is 0. The van der Waals surface area contributed by atoms with E-state index in [0.29, 0.717) is 36.3 Å². The molecule has 37 heavy (non-hydrogen) atoms. The lowest BCUT2D eigenvalue weighted by Crippen LogP contribution is -2.45. The molecule has 2 aliphatic rings. The number of fused-ring (bicyclic) bond motifs is 2. The normalized spacial score (nSPS) is 15.8. The standard InChI is InChI=1S/C28H32N2O7/c1-3-34-25(31)7-5-20-14-21-18(2)12-26(32)37-28(21)22(27(20)33)16-30-10-8-29(9-11-30)15-19-4-6-23-24(13-19)36-17-35-23/h4,6,12-14,33H,3,5,7-11,15-17H2,1-2H3. The molecule has 0 amide bonds. The number of benzene rings is 2. The highest BCUT2D eigenvalue weighted by Gasteiger charge is 2.23. The fourth-order valence-corrected chi connectivity index (χ4v) is 5.00. The molecule has 0 atom stereocenters. The van der Waals surface area contributed by atoms with Gasteiger partial charge in [-0.3, -0.25) is 14.6 Å². The number of nitrogens with zero attached hydrogens (tertiary/aromatic N) is 2. The lowest BCUT2D eigenvalue weighted by atomic mass is 9.98.